The second kappa shape index (κ2) is 6.63. The fourth-order valence-corrected chi connectivity index (χ4v) is 2.83. The van der Waals surface area contributed by atoms with E-state index in [2.05, 4.69) is 22.4 Å². The van der Waals surface area contributed by atoms with E-state index in [4.69, 9.17) is 5.73 Å². The van der Waals surface area contributed by atoms with Gasteiger partial charge < -0.3 is 11.1 Å². The number of carbonyl (C=O) groups excluding carboxylic acids is 1. The summed E-state index contributed by atoms with van der Waals surface area (Å²) in [6, 6.07) is 8.15. The van der Waals surface area contributed by atoms with E-state index in [1.807, 2.05) is 26.0 Å². The van der Waals surface area contributed by atoms with Gasteiger partial charge in [-0.1, -0.05) is 24.3 Å². The summed E-state index contributed by atoms with van der Waals surface area (Å²) >= 11 is 1.43. The molecule has 0 saturated carbocycles. The lowest BCUT2D eigenvalue weighted by Gasteiger charge is -2.05. The highest BCUT2D eigenvalue weighted by Gasteiger charge is 2.13. The van der Waals surface area contributed by atoms with Crippen LogP contribution in [0.4, 0.5) is 0 Å². The van der Waals surface area contributed by atoms with Gasteiger partial charge in [-0.25, -0.2) is 4.98 Å². The first-order chi connectivity index (χ1) is 9.60. The van der Waals surface area contributed by atoms with Gasteiger partial charge in [-0.05, 0) is 37.9 Å². The average Bonchev–Trinajstić information content (AvgIpc) is 2.77. The highest BCUT2D eigenvalue weighted by atomic mass is 32.1. The van der Waals surface area contributed by atoms with Crippen LogP contribution in [0.3, 0.4) is 0 Å². The molecule has 4 nitrogen and oxygen atoms in total. The van der Waals surface area contributed by atoms with Gasteiger partial charge in [0.25, 0.3) is 5.91 Å². The van der Waals surface area contributed by atoms with Crippen molar-refractivity contribution in [1.82, 2.24) is 10.3 Å². The predicted molar refractivity (Wildman–Crippen MR) is 82.0 cm³/mol. The molecule has 106 valence electrons. The summed E-state index contributed by atoms with van der Waals surface area (Å²) < 4.78 is 0. The Morgan fingerprint density at radius 2 is 1.90 bits per heavy atom. The Labute approximate surface area is 123 Å². The number of nitrogens with zero attached hydrogens (tertiary/aromatic N) is 1. The minimum Gasteiger partial charge on any atom is -0.347 e. The molecule has 5 heteroatoms. The summed E-state index contributed by atoms with van der Waals surface area (Å²) in [5.74, 6) is -0.0564. The molecule has 0 unspecified atom stereocenters. The normalized spacial score (nSPS) is 10.6. The van der Waals surface area contributed by atoms with Crippen molar-refractivity contribution >= 4 is 17.2 Å². The second-order valence-electron chi connectivity index (χ2n) is 4.69. The fraction of sp³-hybridized carbons (Fsp3) is 0.333. The summed E-state index contributed by atoms with van der Waals surface area (Å²) in [5, 5.41) is 3.84. The van der Waals surface area contributed by atoms with Gasteiger partial charge in [-0.3, -0.25) is 4.79 Å². The van der Waals surface area contributed by atoms with Crippen LogP contribution in [0.2, 0.25) is 0 Å². The van der Waals surface area contributed by atoms with E-state index in [1.54, 1.807) is 0 Å². The molecule has 1 amide bonds. The van der Waals surface area contributed by atoms with Crippen LogP contribution in [0.15, 0.2) is 24.3 Å². The van der Waals surface area contributed by atoms with Gasteiger partial charge in [0.2, 0.25) is 0 Å². The maximum atomic E-state index is 12.1. The lowest BCUT2D eigenvalue weighted by atomic mass is 10.1. The third kappa shape index (κ3) is 3.65. The molecule has 0 radical (unpaired) electrons. The lowest BCUT2D eigenvalue weighted by molar-refractivity contribution is 0.0954. The van der Waals surface area contributed by atoms with Crippen LogP contribution in [0.25, 0.3) is 0 Å². The maximum Gasteiger partial charge on any atom is 0.263 e. The number of nitrogens with one attached hydrogen (secondary N) is 1. The van der Waals surface area contributed by atoms with Crippen molar-refractivity contribution in [2.45, 2.75) is 26.8 Å². The smallest absolute Gasteiger partial charge is 0.263 e. The van der Waals surface area contributed by atoms with E-state index < -0.39 is 0 Å². The summed E-state index contributed by atoms with van der Waals surface area (Å²) in [4.78, 5) is 17.0. The summed E-state index contributed by atoms with van der Waals surface area (Å²) in [5.41, 5.74) is 8.61. The Morgan fingerprint density at radius 3 is 2.45 bits per heavy atom. The first-order valence-corrected chi connectivity index (χ1v) is 7.42. The van der Waals surface area contributed by atoms with Crippen molar-refractivity contribution in [2.75, 3.05) is 6.54 Å². The number of nitrogens with two attached hydrogens (primary N) is 1. The van der Waals surface area contributed by atoms with Crippen LogP contribution in [0.5, 0.6) is 0 Å². The molecule has 0 fully saturated rings. The number of hydrogen-bond acceptors (Lipinski definition) is 4. The molecule has 0 bridgehead atoms. The number of thiazole rings is 1. The van der Waals surface area contributed by atoms with Gasteiger partial charge in [0, 0.05) is 6.54 Å². The Bertz CT molecular complexity index is 590. The van der Waals surface area contributed by atoms with Crippen molar-refractivity contribution < 1.29 is 4.79 Å². The summed E-state index contributed by atoms with van der Waals surface area (Å²) in [6.45, 7) is 4.95. The van der Waals surface area contributed by atoms with Crippen molar-refractivity contribution in [3.63, 3.8) is 0 Å². The van der Waals surface area contributed by atoms with E-state index in [0.717, 1.165) is 22.7 Å². The van der Waals surface area contributed by atoms with Crippen molar-refractivity contribution in [3.8, 4) is 0 Å². The Kier molecular flexibility index (Phi) is 4.87. The van der Waals surface area contributed by atoms with Crippen LogP contribution >= 0.6 is 11.3 Å². The first-order valence-electron chi connectivity index (χ1n) is 6.60. The topological polar surface area (TPSA) is 68.0 Å². The van der Waals surface area contributed by atoms with E-state index >= 15 is 0 Å². The molecule has 0 aliphatic heterocycles. The van der Waals surface area contributed by atoms with Gasteiger partial charge in [0.1, 0.15) is 4.88 Å². The van der Waals surface area contributed by atoms with E-state index in [0.29, 0.717) is 18.0 Å². The molecule has 2 rings (SSSR count). The molecule has 1 aromatic heterocycles. The van der Waals surface area contributed by atoms with E-state index in [-0.39, 0.29) is 5.91 Å². The highest BCUT2D eigenvalue weighted by Crippen LogP contribution is 2.17. The minimum absolute atomic E-state index is 0.0564. The molecule has 1 heterocycles. The van der Waals surface area contributed by atoms with Crippen LogP contribution in [0.1, 0.15) is 31.5 Å². The van der Waals surface area contributed by atoms with E-state index in [1.165, 1.54) is 16.9 Å². The number of benzene rings is 1. The molecule has 1 aromatic carbocycles. The number of hydrogen-bond donors (Lipinski definition) is 2. The zero-order chi connectivity index (χ0) is 14.5. The third-order valence-electron chi connectivity index (χ3n) is 3.02. The van der Waals surface area contributed by atoms with Crippen LogP contribution in [-0.2, 0) is 13.0 Å². The van der Waals surface area contributed by atoms with Crippen LogP contribution in [-0.4, -0.2) is 17.4 Å². The minimum atomic E-state index is -0.0564. The summed E-state index contributed by atoms with van der Waals surface area (Å²) in [6.07, 6.45) is 0.881. The van der Waals surface area contributed by atoms with Gasteiger partial charge in [-0.15, -0.1) is 11.3 Å². The molecule has 0 atom stereocenters. The number of aryl methyl sites for hydroxylation is 2. The Morgan fingerprint density at radius 1 is 1.25 bits per heavy atom. The zero-order valence-corrected chi connectivity index (χ0v) is 12.6. The predicted octanol–water partition coefficient (Wildman–Crippen LogP) is 2.19. The molecule has 20 heavy (non-hydrogen) atoms. The Hall–Kier alpha value is -1.72. The zero-order valence-electron chi connectivity index (χ0n) is 11.8. The molecule has 0 aliphatic carbocycles. The van der Waals surface area contributed by atoms with Gasteiger partial charge in [0.15, 0.2) is 0 Å². The maximum absolute atomic E-state index is 12.1. The molecular formula is C15H19N3OS. The van der Waals surface area contributed by atoms with E-state index in [9.17, 15) is 4.79 Å². The second-order valence-corrected chi connectivity index (χ2v) is 5.89. The van der Waals surface area contributed by atoms with Crippen molar-refractivity contribution in [3.05, 3.63) is 51.0 Å². The monoisotopic (exact) mass is 289 g/mol. The largest absolute Gasteiger partial charge is 0.347 e. The first kappa shape index (κ1) is 14.7. The molecule has 0 spiro atoms. The number of rotatable bonds is 5. The van der Waals surface area contributed by atoms with Gasteiger partial charge in [-0.2, -0.15) is 0 Å². The van der Waals surface area contributed by atoms with Gasteiger partial charge in [0.05, 0.1) is 10.7 Å². The lowest BCUT2D eigenvalue weighted by Crippen LogP contribution is -2.22. The molecule has 0 aliphatic rings. The molecule has 3 N–H and O–H groups in total. The van der Waals surface area contributed by atoms with Crippen molar-refractivity contribution in [2.24, 2.45) is 5.73 Å². The Balaban J connectivity index is 1.94. The van der Waals surface area contributed by atoms with Gasteiger partial charge >= 0.3 is 0 Å². The van der Waals surface area contributed by atoms with Crippen LogP contribution < -0.4 is 11.1 Å². The summed E-state index contributed by atoms with van der Waals surface area (Å²) in [7, 11) is 0. The highest BCUT2D eigenvalue weighted by molar-refractivity contribution is 7.13. The number of amides is 1. The number of carbonyl (C=O) groups is 1. The molecular weight excluding hydrogens is 270 g/mol. The van der Waals surface area contributed by atoms with Crippen LogP contribution in [0, 0.1) is 13.8 Å². The molecule has 0 saturated heterocycles. The third-order valence-corrected chi connectivity index (χ3v) is 4.09. The molecule has 2 aromatic rings. The number of aromatic nitrogens is 1. The van der Waals surface area contributed by atoms with Crippen molar-refractivity contribution in [1.29, 1.82) is 0 Å². The fourth-order valence-electron chi connectivity index (χ4n) is 2.00. The SMILES string of the molecule is Cc1nc(C)c(C(=O)NCc2ccc(CCN)cc2)s1. The average molecular weight is 289 g/mol. The standard InChI is InChI=1S/C15H19N3OS/c1-10-14(20-11(2)18-10)15(19)17-9-13-5-3-12(4-6-13)7-8-16/h3-6H,7-9,16H2,1-2H3,(H,17,19). The quantitative estimate of drug-likeness (QED) is 0.886.